The molecule has 4 rings (SSSR count). The lowest BCUT2D eigenvalue weighted by atomic mass is 10.1. The number of amides is 1. The normalized spacial score (nSPS) is 18.4. The first-order chi connectivity index (χ1) is 16.3. The van der Waals surface area contributed by atoms with Crippen LogP contribution in [0.15, 0.2) is 33.8 Å². The molecule has 0 N–H and O–H groups in total. The summed E-state index contributed by atoms with van der Waals surface area (Å²) in [5, 5.41) is 9.42. The van der Waals surface area contributed by atoms with E-state index in [2.05, 4.69) is 21.2 Å². The van der Waals surface area contributed by atoms with Gasteiger partial charge >= 0.3 is 0 Å². The number of fused-ring (bicyclic) bond motifs is 1. The van der Waals surface area contributed by atoms with Crippen LogP contribution in [0.2, 0.25) is 0 Å². The molecule has 34 heavy (non-hydrogen) atoms. The Hall–Kier alpha value is -1.63. The van der Waals surface area contributed by atoms with Gasteiger partial charge in [-0.15, -0.1) is 21.5 Å². The molecule has 1 saturated heterocycles. The Labute approximate surface area is 212 Å². The Kier molecular flexibility index (Phi) is 8.21. The highest BCUT2D eigenvalue weighted by molar-refractivity contribution is 8.00. The summed E-state index contributed by atoms with van der Waals surface area (Å²) in [6.07, 6.45) is 1.30. The predicted octanol–water partition coefficient (Wildman–Crippen LogP) is 4.11. The largest absolute Gasteiger partial charge is 0.335 e. The van der Waals surface area contributed by atoms with Gasteiger partial charge in [0.15, 0.2) is 19.3 Å². The van der Waals surface area contributed by atoms with E-state index >= 15 is 0 Å². The van der Waals surface area contributed by atoms with Crippen molar-refractivity contribution in [3.8, 4) is 0 Å². The fraction of sp³-hybridized carbons (Fsp3) is 0.545. The molecule has 0 radical (unpaired) electrons. The third kappa shape index (κ3) is 5.77. The van der Waals surface area contributed by atoms with E-state index in [-0.39, 0.29) is 35.2 Å². The summed E-state index contributed by atoms with van der Waals surface area (Å²) in [4.78, 5) is 19.6. The summed E-state index contributed by atoms with van der Waals surface area (Å²) in [7, 11) is -3.06. The van der Waals surface area contributed by atoms with Crippen LogP contribution < -0.4 is 0 Å². The van der Waals surface area contributed by atoms with Crippen LogP contribution >= 0.6 is 34.9 Å². The minimum absolute atomic E-state index is 0.00350. The van der Waals surface area contributed by atoms with Crippen molar-refractivity contribution in [3.63, 3.8) is 0 Å². The highest BCUT2D eigenvalue weighted by Gasteiger charge is 2.36. The molecule has 12 heteroatoms. The van der Waals surface area contributed by atoms with E-state index in [1.807, 2.05) is 43.5 Å². The van der Waals surface area contributed by atoms with Crippen LogP contribution in [0, 0.1) is 0 Å². The monoisotopic (exact) mass is 539 g/mol. The summed E-state index contributed by atoms with van der Waals surface area (Å²) in [5.74, 6) is 1.88. The van der Waals surface area contributed by atoms with Crippen LogP contribution in [-0.2, 0) is 26.9 Å². The Balaban J connectivity index is 1.40. The van der Waals surface area contributed by atoms with Gasteiger partial charge in [0, 0.05) is 18.6 Å². The summed E-state index contributed by atoms with van der Waals surface area (Å²) in [6.45, 7) is 6.75. The first-order valence-corrected chi connectivity index (χ1v) is 16.0. The third-order valence-electron chi connectivity index (χ3n) is 5.99. The number of carbonyl (C=O) groups excluding carboxylic acids is 1. The van der Waals surface area contributed by atoms with Gasteiger partial charge in [0.2, 0.25) is 5.91 Å². The van der Waals surface area contributed by atoms with Crippen LogP contribution in [0.4, 0.5) is 0 Å². The highest BCUT2D eigenvalue weighted by Crippen LogP contribution is 2.32. The number of aromatic nitrogens is 4. The summed E-state index contributed by atoms with van der Waals surface area (Å²) in [5.41, 5.74) is 1.00. The second-order valence-corrected chi connectivity index (χ2v) is 13.7. The Morgan fingerprint density at radius 2 is 2.06 bits per heavy atom. The molecular formula is C22H29N5O3S4. The average Bonchev–Trinajstić information content (AvgIpc) is 3.51. The topological polar surface area (TPSA) is 98.1 Å². The molecule has 1 amide bonds. The zero-order chi connectivity index (χ0) is 24.3. The van der Waals surface area contributed by atoms with Crippen molar-refractivity contribution in [1.29, 1.82) is 0 Å². The first-order valence-electron chi connectivity index (χ1n) is 11.4. The third-order valence-corrected chi connectivity index (χ3v) is 10.9. The van der Waals surface area contributed by atoms with Crippen molar-refractivity contribution in [3.05, 3.63) is 30.1 Å². The van der Waals surface area contributed by atoms with Gasteiger partial charge in [0.1, 0.15) is 5.82 Å². The molecule has 2 aromatic heterocycles. The maximum absolute atomic E-state index is 13.2. The summed E-state index contributed by atoms with van der Waals surface area (Å²) < 4.78 is 28.2. The quantitative estimate of drug-likeness (QED) is 0.355. The van der Waals surface area contributed by atoms with E-state index in [0.29, 0.717) is 23.9 Å². The smallest absolute Gasteiger partial charge is 0.233 e. The number of benzene rings is 1. The molecule has 8 nitrogen and oxygen atoms in total. The maximum atomic E-state index is 13.2. The van der Waals surface area contributed by atoms with Crippen LogP contribution in [-0.4, -0.2) is 68.3 Å². The van der Waals surface area contributed by atoms with Crippen LogP contribution in [0.5, 0.6) is 0 Å². The predicted molar refractivity (Wildman–Crippen MR) is 139 cm³/mol. The zero-order valence-electron chi connectivity index (χ0n) is 19.5. The molecule has 0 spiro atoms. The Bertz CT molecular complexity index is 1220. The van der Waals surface area contributed by atoms with Crippen LogP contribution in [0.1, 0.15) is 39.4 Å². The highest BCUT2D eigenvalue weighted by atomic mass is 32.2. The molecule has 2 unspecified atom stereocenters. The average molecular weight is 540 g/mol. The SMILES string of the molecule is CCC(C)N(C(=O)CSc1nnc(CSc2nc3ccccc3s2)n1CC)C1CCS(=O)(=O)C1. The van der Waals surface area contributed by atoms with Crippen molar-refractivity contribution in [2.45, 2.75) is 67.5 Å². The Morgan fingerprint density at radius 3 is 2.74 bits per heavy atom. The van der Waals surface area contributed by atoms with Gasteiger partial charge in [-0.1, -0.05) is 42.6 Å². The molecular weight excluding hydrogens is 511 g/mol. The minimum atomic E-state index is -3.06. The Morgan fingerprint density at radius 1 is 1.26 bits per heavy atom. The van der Waals surface area contributed by atoms with Crippen molar-refractivity contribution < 1.29 is 13.2 Å². The molecule has 1 fully saturated rings. The first kappa shape index (κ1) is 25.5. The number of thioether (sulfide) groups is 2. The number of hydrogen-bond donors (Lipinski definition) is 0. The standard InChI is InChI=1S/C22H29N5O3S4/c1-4-15(3)27(16-10-11-34(29,30)14-16)20(28)13-31-21-25-24-19(26(21)5-2)12-32-22-23-17-8-6-7-9-18(17)33-22/h6-9,15-16H,4-5,10-14H2,1-3H3. The van der Waals surface area contributed by atoms with Crippen LogP contribution in [0.25, 0.3) is 10.2 Å². The number of sulfone groups is 1. The lowest BCUT2D eigenvalue weighted by molar-refractivity contribution is -0.132. The van der Waals surface area contributed by atoms with E-state index in [4.69, 9.17) is 0 Å². The molecule has 0 saturated carbocycles. The number of nitrogens with zero attached hydrogens (tertiary/aromatic N) is 5. The van der Waals surface area contributed by atoms with E-state index in [1.54, 1.807) is 28.0 Å². The molecule has 1 aromatic carbocycles. The van der Waals surface area contributed by atoms with Gasteiger partial charge < -0.3 is 9.47 Å². The number of carbonyl (C=O) groups is 1. The number of rotatable bonds is 10. The maximum Gasteiger partial charge on any atom is 0.233 e. The molecule has 0 aliphatic carbocycles. The molecule has 1 aliphatic heterocycles. The van der Waals surface area contributed by atoms with E-state index < -0.39 is 9.84 Å². The number of thiazole rings is 1. The van der Waals surface area contributed by atoms with Crippen molar-refractivity contribution in [2.75, 3.05) is 17.3 Å². The second kappa shape index (κ2) is 11.0. The number of para-hydroxylation sites is 1. The van der Waals surface area contributed by atoms with Crippen LogP contribution in [0.3, 0.4) is 0 Å². The molecule has 3 heterocycles. The molecule has 1 aliphatic rings. The summed E-state index contributed by atoms with van der Waals surface area (Å²) in [6, 6.07) is 7.85. The van der Waals surface area contributed by atoms with Gasteiger partial charge in [-0.2, -0.15) is 0 Å². The van der Waals surface area contributed by atoms with Gasteiger partial charge in [0.05, 0.1) is 33.2 Å². The van der Waals surface area contributed by atoms with Crippen molar-refractivity contribution >= 4 is 60.8 Å². The lowest BCUT2D eigenvalue weighted by Gasteiger charge is -2.33. The van der Waals surface area contributed by atoms with E-state index in [1.165, 1.54) is 11.8 Å². The van der Waals surface area contributed by atoms with E-state index in [0.717, 1.165) is 26.8 Å². The van der Waals surface area contributed by atoms with Crippen molar-refractivity contribution in [2.24, 2.45) is 0 Å². The molecule has 0 bridgehead atoms. The zero-order valence-corrected chi connectivity index (χ0v) is 22.8. The molecule has 3 aromatic rings. The second-order valence-electron chi connectivity index (χ2n) is 8.28. The van der Waals surface area contributed by atoms with Crippen molar-refractivity contribution in [1.82, 2.24) is 24.6 Å². The molecule has 184 valence electrons. The fourth-order valence-electron chi connectivity index (χ4n) is 4.09. The van der Waals surface area contributed by atoms with Gasteiger partial charge in [0.25, 0.3) is 0 Å². The number of hydrogen-bond acceptors (Lipinski definition) is 9. The van der Waals surface area contributed by atoms with Gasteiger partial charge in [-0.3, -0.25) is 4.79 Å². The van der Waals surface area contributed by atoms with E-state index in [9.17, 15) is 13.2 Å². The van der Waals surface area contributed by atoms with Gasteiger partial charge in [-0.05, 0) is 38.8 Å². The fourth-order valence-corrected chi connectivity index (χ4v) is 8.70. The van der Waals surface area contributed by atoms with Gasteiger partial charge in [-0.25, -0.2) is 13.4 Å². The lowest BCUT2D eigenvalue weighted by Crippen LogP contribution is -2.47. The minimum Gasteiger partial charge on any atom is -0.335 e. The summed E-state index contributed by atoms with van der Waals surface area (Å²) >= 11 is 4.67. The molecule has 2 atom stereocenters.